The standard InChI is InChI=1S/C19H27N5O3/c1-5-22-17(25)15-16(21(3)19(22)26)20-18-23(9-6-10-24(15)18)13-11-12(2)7-8-14(13)27-4/h7-8,11,15-16,18,20H,5-6,9-10H2,1-4H3. The SMILES string of the molecule is CCN1C(=O)C2C(NC3N(c4cc(C)ccc4OC)CCCN23)N(C)C1=O. The van der Waals surface area contributed by atoms with Crippen LogP contribution in [0.4, 0.5) is 10.5 Å². The number of imide groups is 1. The van der Waals surface area contributed by atoms with Crippen LogP contribution in [-0.4, -0.2) is 78.9 Å². The van der Waals surface area contributed by atoms with Gasteiger partial charge in [-0.15, -0.1) is 0 Å². The zero-order chi connectivity index (χ0) is 19.3. The molecule has 3 atom stereocenters. The first kappa shape index (κ1) is 18.1. The molecule has 0 aromatic heterocycles. The van der Waals surface area contributed by atoms with Crippen molar-refractivity contribution in [2.45, 2.75) is 38.8 Å². The number of hydrogen-bond donors (Lipinski definition) is 1. The minimum atomic E-state index is -0.365. The van der Waals surface area contributed by atoms with Gasteiger partial charge in [0.1, 0.15) is 24.2 Å². The lowest BCUT2D eigenvalue weighted by atomic mass is 10.1. The number of benzene rings is 1. The van der Waals surface area contributed by atoms with E-state index in [-0.39, 0.29) is 30.4 Å². The smallest absolute Gasteiger partial charge is 0.327 e. The Hall–Kier alpha value is -2.32. The summed E-state index contributed by atoms with van der Waals surface area (Å²) in [4.78, 5) is 33.0. The summed E-state index contributed by atoms with van der Waals surface area (Å²) in [5, 5.41) is 3.52. The average Bonchev–Trinajstić information content (AvgIpc) is 3.06. The molecule has 3 unspecified atom stereocenters. The van der Waals surface area contributed by atoms with Crippen molar-refractivity contribution in [1.82, 2.24) is 20.0 Å². The Morgan fingerprint density at radius 2 is 2.04 bits per heavy atom. The summed E-state index contributed by atoms with van der Waals surface area (Å²) in [7, 11) is 3.44. The Bertz CT molecular complexity index is 770. The van der Waals surface area contributed by atoms with E-state index in [0.717, 1.165) is 36.5 Å². The van der Waals surface area contributed by atoms with Crippen molar-refractivity contribution < 1.29 is 14.3 Å². The van der Waals surface area contributed by atoms with E-state index in [2.05, 4.69) is 28.1 Å². The molecule has 27 heavy (non-hydrogen) atoms. The van der Waals surface area contributed by atoms with Crippen LogP contribution in [-0.2, 0) is 4.79 Å². The van der Waals surface area contributed by atoms with Gasteiger partial charge in [0, 0.05) is 26.7 Å². The number of aryl methyl sites for hydroxylation is 1. The van der Waals surface area contributed by atoms with Crippen molar-refractivity contribution in [2.75, 3.05) is 38.7 Å². The summed E-state index contributed by atoms with van der Waals surface area (Å²) in [6.45, 7) is 5.95. The summed E-state index contributed by atoms with van der Waals surface area (Å²) in [5.74, 6) is 0.698. The van der Waals surface area contributed by atoms with Crippen LogP contribution in [0.1, 0.15) is 18.9 Å². The maximum atomic E-state index is 13.0. The molecule has 3 fully saturated rings. The molecular formula is C19H27N5O3. The number of nitrogens with one attached hydrogen (secondary N) is 1. The number of amides is 3. The van der Waals surface area contributed by atoms with E-state index in [4.69, 9.17) is 4.74 Å². The molecule has 0 spiro atoms. The number of nitrogens with zero attached hydrogens (tertiary/aromatic N) is 4. The molecule has 8 nitrogen and oxygen atoms in total. The van der Waals surface area contributed by atoms with Crippen molar-refractivity contribution in [3.05, 3.63) is 23.8 Å². The van der Waals surface area contributed by atoms with Gasteiger partial charge in [-0.1, -0.05) is 6.07 Å². The summed E-state index contributed by atoms with van der Waals surface area (Å²) >= 11 is 0. The first-order chi connectivity index (χ1) is 13.0. The van der Waals surface area contributed by atoms with Crippen LogP contribution >= 0.6 is 0 Å². The van der Waals surface area contributed by atoms with Gasteiger partial charge >= 0.3 is 6.03 Å². The van der Waals surface area contributed by atoms with Gasteiger partial charge < -0.3 is 14.5 Å². The maximum Gasteiger partial charge on any atom is 0.327 e. The van der Waals surface area contributed by atoms with Crippen LogP contribution in [0.5, 0.6) is 5.75 Å². The van der Waals surface area contributed by atoms with Crippen molar-refractivity contribution in [3.63, 3.8) is 0 Å². The second kappa shape index (κ2) is 6.69. The predicted octanol–water partition coefficient (Wildman–Crippen LogP) is 1.01. The molecule has 3 saturated heterocycles. The first-order valence-electron chi connectivity index (χ1n) is 9.49. The van der Waals surface area contributed by atoms with Gasteiger partial charge in [0.05, 0.1) is 12.8 Å². The highest BCUT2D eigenvalue weighted by Crippen LogP contribution is 2.37. The lowest BCUT2D eigenvalue weighted by Gasteiger charge is -2.44. The summed E-state index contributed by atoms with van der Waals surface area (Å²) in [6, 6.07) is 5.51. The molecule has 1 aromatic carbocycles. The van der Waals surface area contributed by atoms with Crippen LogP contribution < -0.4 is 15.0 Å². The minimum absolute atomic E-state index is 0.112. The van der Waals surface area contributed by atoms with E-state index < -0.39 is 0 Å². The van der Waals surface area contributed by atoms with E-state index in [0.29, 0.717) is 6.54 Å². The predicted molar refractivity (Wildman–Crippen MR) is 101 cm³/mol. The number of ether oxygens (including phenoxy) is 1. The molecule has 4 rings (SSSR count). The second-order valence-corrected chi connectivity index (χ2v) is 7.37. The Kier molecular flexibility index (Phi) is 4.47. The number of likely N-dealkylation sites (N-methyl/N-ethyl adjacent to an activating group) is 2. The fourth-order valence-electron chi connectivity index (χ4n) is 4.48. The van der Waals surface area contributed by atoms with Gasteiger partial charge in [-0.2, -0.15) is 0 Å². The van der Waals surface area contributed by atoms with E-state index in [1.165, 1.54) is 4.90 Å². The minimum Gasteiger partial charge on any atom is -0.495 e. The van der Waals surface area contributed by atoms with Crippen molar-refractivity contribution in [2.24, 2.45) is 0 Å². The molecule has 0 bridgehead atoms. The largest absolute Gasteiger partial charge is 0.495 e. The van der Waals surface area contributed by atoms with Crippen molar-refractivity contribution in [1.29, 1.82) is 0 Å². The highest BCUT2D eigenvalue weighted by Gasteiger charge is 2.55. The zero-order valence-corrected chi connectivity index (χ0v) is 16.3. The number of urea groups is 1. The number of anilines is 1. The molecule has 8 heteroatoms. The molecule has 3 aliphatic rings. The number of carbonyl (C=O) groups excluding carboxylic acids is 2. The number of carbonyl (C=O) groups is 2. The molecule has 1 aromatic rings. The average molecular weight is 373 g/mol. The van der Waals surface area contributed by atoms with Crippen molar-refractivity contribution in [3.8, 4) is 5.75 Å². The van der Waals surface area contributed by atoms with Gasteiger partial charge in [-0.3, -0.25) is 19.9 Å². The quantitative estimate of drug-likeness (QED) is 0.853. The summed E-state index contributed by atoms with van der Waals surface area (Å²) in [6.07, 6.45) is 0.463. The first-order valence-corrected chi connectivity index (χ1v) is 9.49. The Morgan fingerprint density at radius 3 is 2.74 bits per heavy atom. The molecule has 3 heterocycles. The maximum absolute atomic E-state index is 13.0. The third-order valence-corrected chi connectivity index (χ3v) is 5.83. The molecule has 0 saturated carbocycles. The van der Waals surface area contributed by atoms with E-state index in [1.807, 2.05) is 19.1 Å². The molecule has 3 aliphatic heterocycles. The van der Waals surface area contributed by atoms with E-state index in [1.54, 1.807) is 19.1 Å². The van der Waals surface area contributed by atoms with Crippen molar-refractivity contribution >= 4 is 17.6 Å². The second-order valence-electron chi connectivity index (χ2n) is 7.37. The van der Waals surface area contributed by atoms with Crippen LogP contribution in [0.2, 0.25) is 0 Å². The Labute approximate surface area is 159 Å². The highest BCUT2D eigenvalue weighted by atomic mass is 16.5. The fourth-order valence-corrected chi connectivity index (χ4v) is 4.48. The molecule has 146 valence electrons. The third-order valence-electron chi connectivity index (χ3n) is 5.83. The van der Waals surface area contributed by atoms with Gasteiger partial charge in [0.25, 0.3) is 5.91 Å². The monoisotopic (exact) mass is 373 g/mol. The number of fused-ring (bicyclic) bond motifs is 3. The van der Waals surface area contributed by atoms with Crippen LogP contribution in [0, 0.1) is 6.92 Å². The molecule has 1 N–H and O–H groups in total. The van der Waals surface area contributed by atoms with Gasteiger partial charge in [-0.05, 0) is 38.0 Å². The number of hydrogen-bond acceptors (Lipinski definition) is 6. The normalized spacial score (nSPS) is 28.4. The van der Waals surface area contributed by atoms with Crippen LogP contribution in [0.15, 0.2) is 18.2 Å². The molecule has 0 radical (unpaired) electrons. The van der Waals surface area contributed by atoms with Gasteiger partial charge in [-0.25, -0.2) is 4.79 Å². The topological polar surface area (TPSA) is 68.4 Å². The Morgan fingerprint density at radius 1 is 1.26 bits per heavy atom. The number of rotatable bonds is 3. The van der Waals surface area contributed by atoms with Crippen LogP contribution in [0.3, 0.4) is 0 Å². The molecular weight excluding hydrogens is 346 g/mol. The lowest BCUT2D eigenvalue weighted by Crippen LogP contribution is -2.66. The van der Waals surface area contributed by atoms with Crippen LogP contribution in [0.25, 0.3) is 0 Å². The lowest BCUT2D eigenvalue weighted by molar-refractivity contribution is -0.138. The molecule has 3 amide bonds. The highest BCUT2D eigenvalue weighted by molar-refractivity contribution is 6.00. The molecule has 0 aliphatic carbocycles. The third kappa shape index (κ3) is 2.66. The summed E-state index contributed by atoms with van der Waals surface area (Å²) in [5.41, 5.74) is 2.16. The van der Waals surface area contributed by atoms with E-state index >= 15 is 0 Å². The number of methoxy groups -OCH3 is 1. The summed E-state index contributed by atoms with van der Waals surface area (Å²) < 4.78 is 5.59. The zero-order valence-electron chi connectivity index (χ0n) is 16.3. The van der Waals surface area contributed by atoms with Gasteiger partial charge in [0.2, 0.25) is 0 Å². The van der Waals surface area contributed by atoms with E-state index in [9.17, 15) is 9.59 Å². The fraction of sp³-hybridized carbons (Fsp3) is 0.579. The Balaban J connectivity index is 1.71. The van der Waals surface area contributed by atoms with Gasteiger partial charge in [0.15, 0.2) is 0 Å².